The Morgan fingerprint density at radius 3 is 2.96 bits per heavy atom. The fourth-order valence-corrected chi connectivity index (χ4v) is 2.02. The Balaban J connectivity index is 1.91. The number of rotatable bonds is 6. The number of carbonyl (C=O) groups excluding carboxylic acids is 1. The SMILES string of the molecule is COc1cccc(CNC(=O)N(C)Cc2nccn2C(F)F)c1. The molecule has 0 radical (unpaired) electrons. The number of ether oxygens (including phenoxy) is 1. The second-order valence-corrected chi connectivity index (χ2v) is 4.89. The molecule has 0 bridgehead atoms. The van der Waals surface area contributed by atoms with Gasteiger partial charge in [0.2, 0.25) is 0 Å². The Morgan fingerprint density at radius 1 is 1.48 bits per heavy atom. The topological polar surface area (TPSA) is 59.4 Å². The molecule has 1 aromatic heterocycles. The van der Waals surface area contributed by atoms with Crippen LogP contribution in [0.2, 0.25) is 0 Å². The van der Waals surface area contributed by atoms with Gasteiger partial charge in [-0.05, 0) is 17.7 Å². The zero-order valence-corrected chi connectivity index (χ0v) is 12.9. The molecule has 0 saturated carbocycles. The first-order valence-corrected chi connectivity index (χ1v) is 6.93. The van der Waals surface area contributed by atoms with Crippen LogP contribution in [0.15, 0.2) is 36.7 Å². The van der Waals surface area contributed by atoms with Crippen LogP contribution in [-0.2, 0) is 13.1 Å². The molecule has 2 amide bonds. The molecule has 1 N–H and O–H groups in total. The Hall–Kier alpha value is -2.64. The summed E-state index contributed by atoms with van der Waals surface area (Å²) in [4.78, 5) is 17.2. The number of methoxy groups -OCH3 is 1. The molecule has 124 valence electrons. The molecule has 0 aliphatic rings. The van der Waals surface area contributed by atoms with Crippen molar-refractivity contribution < 1.29 is 18.3 Å². The molecule has 0 fully saturated rings. The minimum Gasteiger partial charge on any atom is -0.497 e. The monoisotopic (exact) mass is 324 g/mol. The van der Waals surface area contributed by atoms with Crippen LogP contribution < -0.4 is 10.1 Å². The summed E-state index contributed by atoms with van der Waals surface area (Å²) in [5.74, 6) is 0.822. The van der Waals surface area contributed by atoms with Crippen LogP contribution in [0, 0.1) is 0 Å². The number of alkyl halides is 2. The van der Waals surface area contributed by atoms with Crippen molar-refractivity contribution in [2.24, 2.45) is 0 Å². The van der Waals surface area contributed by atoms with Crippen LogP contribution in [0.1, 0.15) is 17.9 Å². The van der Waals surface area contributed by atoms with E-state index in [9.17, 15) is 13.6 Å². The van der Waals surface area contributed by atoms with E-state index in [1.807, 2.05) is 24.3 Å². The molecular weight excluding hydrogens is 306 g/mol. The summed E-state index contributed by atoms with van der Waals surface area (Å²) in [7, 11) is 3.09. The van der Waals surface area contributed by atoms with Crippen LogP contribution in [0.25, 0.3) is 0 Å². The van der Waals surface area contributed by atoms with Gasteiger partial charge in [0.25, 0.3) is 0 Å². The third kappa shape index (κ3) is 4.41. The number of halogens is 2. The minimum absolute atomic E-state index is 0.0126. The second kappa shape index (κ2) is 7.57. The van der Waals surface area contributed by atoms with Crippen LogP contribution >= 0.6 is 0 Å². The highest BCUT2D eigenvalue weighted by Crippen LogP contribution is 2.14. The molecule has 0 aliphatic carbocycles. The predicted octanol–water partition coefficient (Wildman–Crippen LogP) is 2.63. The van der Waals surface area contributed by atoms with Crippen molar-refractivity contribution in [3.05, 3.63) is 48.0 Å². The number of amides is 2. The van der Waals surface area contributed by atoms with Gasteiger partial charge >= 0.3 is 12.6 Å². The van der Waals surface area contributed by atoms with Crippen molar-refractivity contribution in [1.29, 1.82) is 0 Å². The lowest BCUT2D eigenvalue weighted by Crippen LogP contribution is -2.37. The van der Waals surface area contributed by atoms with E-state index in [0.29, 0.717) is 12.3 Å². The zero-order chi connectivity index (χ0) is 16.8. The summed E-state index contributed by atoms with van der Waals surface area (Å²) >= 11 is 0. The van der Waals surface area contributed by atoms with Gasteiger partial charge in [-0.3, -0.25) is 4.57 Å². The van der Waals surface area contributed by atoms with Crippen molar-refractivity contribution in [3.8, 4) is 5.75 Å². The maximum Gasteiger partial charge on any atom is 0.319 e. The lowest BCUT2D eigenvalue weighted by molar-refractivity contribution is 0.0651. The first kappa shape index (κ1) is 16.7. The number of aromatic nitrogens is 2. The minimum atomic E-state index is -2.68. The Bertz CT molecular complexity index is 660. The van der Waals surface area contributed by atoms with Gasteiger partial charge in [0, 0.05) is 26.0 Å². The van der Waals surface area contributed by atoms with Crippen molar-refractivity contribution >= 4 is 6.03 Å². The molecule has 1 heterocycles. The standard InChI is InChI=1S/C15H18F2N4O2/c1-20(10-13-18-6-7-21(13)14(16)17)15(22)19-9-11-4-3-5-12(8-11)23-2/h3-8,14H,9-10H2,1-2H3,(H,19,22). The van der Waals surface area contributed by atoms with Crippen LogP contribution in [0.4, 0.5) is 13.6 Å². The number of benzene rings is 1. The summed E-state index contributed by atoms with van der Waals surface area (Å²) in [6.45, 7) is -2.38. The Kier molecular flexibility index (Phi) is 5.51. The van der Waals surface area contributed by atoms with E-state index in [1.54, 1.807) is 7.11 Å². The lowest BCUT2D eigenvalue weighted by atomic mass is 10.2. The number of nitrogens with zero attached hydrogens (tertiary/aromatic N) is 3. The van der Waals surface area contributed by atoms with Crippen LogP contribution in [-0.4, -0.2) is 34.6 Å². The van der Waals surface area contributed by atoms with Gasteiger partial charge in [0.05, 0.1) is 13.7 Å². The van der Waals surface area contributed by atoms with Gasteiger partial charge in [-0.15, -0.1) is 0 Å². The van der Waals surface area contributed by atoms with Gasteiger partial charge in [-0.25, -0.2) is 9.78 Å². The highest BCUT2D eigenvalue weighted by molar-refractivity contribution is 5.73. The lowest BCUT2D eigenvalue weighted by Gasteiger charge is -2.18. The molecule has 8 heteroatoms. The molecule has 0 aliphatic heterocycles. The molecular formula is C15H18F2N4O2. The van der Waals surface area contributed by atoms with E-state index < -0.39 is 6.55 Å². The van der Waals surface area contributed by atoms with Gasteiger partial charge in [0.15, 0.2) is 0 Å². The van der Waals surface area contributed by atoms with Crippen LogP contribution in [0.3, 0.4) is 0 Å². The largest absolute Gasteiger partial charge is 0.497 e. The maximum absolute atomic E-state index is 12.7. The van der Waals surface area contributed by atoms with E-state index >= 15 is 0 Å². The number of urea groups is 1. The summed E-state index contributed by atoms with van der Waals surface area (Å²) in [6.07, 6.45) is 2.46. The smallest absolute Gasteiger partial charge is 0.319 e. The van der Waals surface area contributed by atoms with Crippen molar-refractivity contribution in [1.82, 2.24) is 19.8 Å². The first-order chi connectivity index (χ1) is 11.0. The quantitative estimate of drug-likeness (QED) is 0.888. The van der Waals surface area contributed by atoms with E-state index in [1.165, 1.54) is 24.3 Å². The average Bonchev–Trinajstić information content (AvgIpc) is 3.01. The fourth-order valence-electron chi connectivity index (χ4n) is 2.02. The normalized spacial score (nSPS) is 10.7. The predicted molar refractivity (Wildman–Crippen MR) is 80.2 cm³/mol. The Labute approximate surface area is 132 Å². The number of hydrogen-bond acceptors (Lipinski definition) is 3. The number of carbonyl (C=O) groups is 1. The van der Waals surface area contributed by atoms with Crippen molar-refractivity contribution in [3.63, 3.8) is 0 Å². The third-order valence-electron chi connectivity index (χ3n) is 3.26. The van der Waals surface area contributed by atoms with Gasteiger partial charge in [-0.1, -0.05) is 12.1 Å². The summed E-state index contributed by atoms with van der Waals surface area (Å²) < 4.78 is 31.3. The highest BCUT2D eigenvalue weighted by atomic mass is 19.3. The molecule has 2 rings (SSSR count). The van der Waals surface area contributed by atoms with Crippen LogP contribution in [0.5, 0.6) is 5.75 Å². The molecule has 23 heavy (non-hydrogen) atoms. The molecule has 2 aromatic rings. The van der Waals surface area contributed by atoms with E-state index in [-0.39, 0.29) is 18.4 Å². The van der Waals surface area contributed by atoms with Crippen molar-refractivity contribution in [2.75, 3.05) is 14.2 Å². The summed E-state index contributed by atoms with van der Waals surface area (Å²) in [6, 6.07) is 6.91. The highest BCUT2D eigenvalue weighted by Gasteiger charge is 2.15. The van der Waals surface area contributed by atoms with Gasteiger partial charge in [-0.2, -0.15) is 8.78 Å². The fraction of sp³-hybridized carbons (Fsp3) is 0.333. The first-order valence-electron chi connectivity index (χ1n) is 6.93. The van der Waals surface area contributed by atoms with E-state index in [2.05, 4.69) is 10.3 Å². The summed E-state index contributed by atoms with van der Waals surface area (Å²) in [5.41, 5.74) is 0.875. The number of nitrogens with one attached hydrogen (secondary N) is 1. The Morgan fingerprint density at radius 2 is 2.26 bits per heavy atom. The second-order valence-electron chi connectivity index (χ2n) is 4.89. The molecule has 0 spiro atoms. The number of hydrogen-bond donors (Lipinski definition) is 1. The molecule has 0 atom stereocenters. The van der Waals surface area contributed by atoms with Gasteiger partial charge < -0.3 is 15.0 Å². The maximum atomic E-state index is 12.7. The molecule has 1 aromatic carbocycles. The van der Waals surface area contributed by atoms with E-state index in [4.69, 9.17) is 4.74 Å². The molecule has 0 saturated heterocycles. The summed E-state index contributed by atoms with van der Waals surface area (Å²) in [5, 5.41) is 2.72. The third-order valence-corrected chi connectivity index (χ3v) is 3.26. The van der Waals surface area contributed by atoms with Gasteiger partial charge in [0.1, 0.15) is 11.6 Å². The average molecular weight is 324 g/mol. The number of imidazole rings is 1. The van der Waals surface area contributed by atoms with E-state index in [0.717, 1.165) is 10.1 Å². The zero-order valence-electron chi connectivity index (χ0n) is 12.9. The molecule has 6 nitrogen and oxygen atoms in total. The van der Waals surface area contributed by atoms with Crippen molar-refractivity contribution in [2.45, 2.75) is 19.6 Å². The molecule has 0 unspecified atom stereocenters.